The van der Waals surface area contributed by atoms with Gasteiger partial charge in [-0.25, -0.2) is 4.79 Å². The monoisotopic (exact) mass is 475 g/mol. The van der Waals surface area contributed by atoms with Crippen molar-refractivity contribution >= 4 is 34.3 Å². The summed E-state index contributed by atoms with van der Waals surface area (Å²) in [4.78, 5) is 16.8. The van der Waals surface area contributed by atoms with E-state index in [4.69, 9.17) is 20.0 Å². The number of nitrogen functional groups attached to an aromatic ring is 1. The standard InChI is InChI=1S/C28H33N3O4/c1-6-31-26-11-7-20(14-24(26)25-15-21(29)8-12-27(25)31)28(30-35-19(4)32)23-10-9-22(13-17(23)2)34-18(3)16-33-5/h7-13,15,18,20H,6,14,16,29H2,1-5H3/b30-28-. The maximum absolute atomic E-state index is 11.6. The summed E-state index contributed by atoms with van der Waals surface area (Å²) in [6.07, 6.45) is 4.94. The number of aromatic nitrogens is 1. The van der Waals surface area contributed by atoms with E-state index in [0.717, 1.165) is 40.9 Å². The molecule has 184 valence electrons. The van der Waals surface area contributed by atoms with Gasteiger partial charge in [0.1, 0.15) is 11.9 Å². The molecule has 0 amide bonds. The molecule has 2 unspecified atom stereocenters. The van der Waals surface area contributed by atoms with Crippen molar-refractivity contribution in [3.63, 3.8) is 0 Å². The van der Waals surface area contributed by atoms with Gasteiger partial charge in [-0.1, -0.05) is 11.2 Å². The quantitative estimate of drug-likeness (QED) is 0.211. The Bertz CT molecular complexity index is 1310. The van der Waals surface area contributed by atoms with E-state index in [1.165, 1.54) is 23.7 Å². The summed E-state index contributed by atoms with van der Waals surface area (Å²) >= 11 is 0. The second-order valence-corrected chi connectivity index (χ2v) is 8.97. The molecule has 7 heteroatoms. The Morgan fingerprint density at radius 2 is 2.06 bits per heavy atom. The van der Waals surface area contributed by atoms with E-state index >= 15 is 0 Å². The molecular weight excluding hydrogens is 442 g/mol. The van der Waals surface area contributed by atoms with Gasteiger partial charge >= 0.3 is 5.97 Å². The number of anilines is 1. The first-order valence-electron chi connectivity index (χ1n) is 11.9. The fourth-order valence-corrected chi connectivity index (χ4v) is 4.82. The Balaban J connectivity index is 1.72. The minimum atomic E-state index is -0.454. The fraction of sp³-hybridized carbons (Fsp3) is 0.357. The molecule has 0 saturated carbocycles. The Hall–Kier alpha value is -3.58. The summed E-state index contributed by atoms with van der Waals surface area (Å²) in [6.45, 7) is 8.84. The minimum Gasteiger partial charge on any atom is -0.488 e. The third kappa shape index (κ3) is 5.10. The molecule has 0 saturated heterocycles. The number of hydrogen-bond donors (Lipinski definition) is 1. The molecular formula is C28H33N3O4. The molecule has 35 heavy (non-hydrogen) atoms. The second kappa shape index (κ2) is 10.4. The number of nitrogens with zero attached hydrogens (tertiary/aromatic N) is 2. The molecule has 1 aromatic heterocycles. The van der Waals surface area contributed by atoms with Crippen LogP contribution in [0.4, 0.5) is 5.69 Å². The van der Waals surface area contributed by atoms with E-state index in [1.54, 1.807) is 7.11 Å². The number of oxime groups is 1. The van der Waals surface area contributed by atoms with Crippen LogP contribution in [0.1, 0.15) is 43.2 Å². The van der Waals surface area contributed by atoms with Gasteiger partial charge in [-0.2, -0.15) is 0 Å². The fourth-order valence-electron chi connectivity index (χ4n) is 4.82. The normalized spacial score (nSPS) is 16.3. The van der Waals surface area contributed by atoms with Crippen molar-refractivity contribution in [2.75, 3.05) is 19.5 Å². The Kier molecular flexibility index (Phi) is 7.26. The van der Waals surface area contributed by atoms with E-state index in [-0.39, 0.29) is 12.0 Å². The smallest absolute Gasteiger partial charge is 0.331 e. The highest BCUT2D eigenvalue weighted by molar-refractivity contribution is 6.06. The average Bonchev–Trinajstić information content (AvgIpc) is 3.12. The third-order valence-corrected chi connectivity index (χ3v) is 6.30. The number of aryl methyl sites for hydroxylation is 2. The molecule has 0 fully saturated rings. The van der Waals surface area contributed by atoms with Gasteiger partial charge in [-0.05, 0) is 80.8 Å². The molecule has 4 rings (SSSR count). The van der Waals surface area contributed by atoms with E-state index in [1.807, 2.05) is 44.2 Å². The van der Waals surface area contributed by atoms with Crippen LogP contribution >= 0.6 is 0 Å². The molecule has 2 aromatic carbocycles. The molecule has 0 spiro atoms. The van der Waals surface area contributed by atoms with Crippen LogP contribution in [0.3, 0.4) is 0 Å². The Morgan fingerprint density at radius 1 is 1.26 bits per heavy atom. The van der Waals surface area contributed by atoms with Crippen LogP contribution in [0.25, 0.3) is 17.0 Å². The highest BCUT2D eigenvalue weighted by Crippen LogP contribution is 2.36. The number of nitrogens with two attached hydrogens (primary N) is 1. The highest BCUT2D eigenvalue weighted by Gasteiger charge is 2.27. The maximum Gasteiger partial charge on any atom is 0.331 e. The van der Waals surface area contributed by atoms with Crippen LogP contribution in [-0.2, 0) is 27.3 Å². The molecule has 2 atom stereocenters. The zero-order valence-electron chi connectivity index (χ0n) is 21.0. The van der Waals surface area contributed by atoms with Crippen LogP contribution in [0.15, 0.2) is 47.6 Å². The number of ether oxygens (including phenoxy) is 2. The van der Waals surface area contributed by atoms with E-state index < -0.39 is 5.97 Å². The van der Waals surface area contributed by atoms with Crippen molar-refractivity contribution < 1.29 is 19.1 Å². The topological polar surface area (TPSA) is 88.1 Å². The first-order chi connectivity index (χ1) is 16.8. The molecule has 1 aliphatic rings. The van der Waals surface area contributed by atoms with Crippen LogP contribution in [-0.4, -0.2) is 36.1 Å². The van der Waals surface area contributed by atoms with Crippen molar-refractivity contribution in [1.29, 1.82) is 0 Å². The number of rotatable bonds is 8. The lowest BCUT2D eigenvalue weighted by Gasteiger charge is -2.22. The molecule has 0 aliphatic heterocycles. The van der Waals surface area contributed by atoms with Crippen molar-refractivity contribution in [3.8, 4) is 5.75 Å². The third-order valence-electron chi connectivity index (χ3n) is 6.30. The van der Waals surface area contributed by atoms with E-state index in [2.05, 4.69) is 34.9 Å². The van der Waals surface area contributed by atoms with Crippen LogP contribution in [0.2, 0.25) is 0 Å². The summed E-state index contributed by atoms with van der Waals surface area (Å²) in [5.74, 6) is 0.229. The van der Waals surface area contributed by atoms with Crippen molar-refractivity contribution in [2.45, 2.75) is 46.8 Å². The Labute approximate surface area is 206 Å². The predicted molar refractivity (Wildman–Crippen MR) is 140 cm³/mol. The van der Waals surface area contributed by atoms with Gasteiger partial charge in [0.15, 0.2) is 0 Å². The van der Waals surface area contributed by atoms with E-state index in [0.29, 0.717) is 12.3 Å². The first-order valence-corrected chi connectivity index (χ1v) is 11.9. The number of benzene rings is 2. The van der Waals surface area contributed by atoms with Gasteiger partial charge in [-0.3, -0.25) is 0 Å². The minimum absolute atomic E-state index is 0.0672. The number of fused-ring (bicyclic) bond motifs is 3. The molecule has 0 radical (unpaired) electrons. The van der Waals surface area contributed by atoms with Gasteiger partial charge in [-0.15, -0.1) is 0 Å². The zero-order chi connectivity index (χ0) is 25.1. The van der Waals surface area contributed by atoms with E-state index in [9.17, 15) is 4.79 Å². The summed E-state index contributed by atoms with van der Waals surface area (Å²) in [5, 5.41) is 5.47. The molecule has 1 heterocycles. The number of carbonyl (C=O) groups excluding carboxylic acids is 1. The van der Waals surface area contributed by atoms with Gasteiger partial charge in [0, 0.05) is 54.3 Å². The van der Waals surface area contributed by atoms with Crippen molar-refractivity contribution in [2.24, 2.45) is 11.1 Å². The maximum atomic E-state index is 11.6. The molecule has 1 aliphatic carbocycles. The number of hydrogen-bond acceptors (Lipinski definition) is 6. The van der Waals surface area contributed by atoms with Gasteiger partial charge in [0.25, 0.3) is 0 Å². The molecule has 3 aromatic rings. The lowest BCUT2D eigenvalue weighted by atomic mass is 9.84. The number of allylic oxidation sites excluding steroid dienone is 1. The number of carbonyl (C=O) groups is 1. The summed E-state index contributed by atoms with van der Waals surface area (Å²) in [6, 6.07) is 11.9. The van der Waals surface area contributed by atoms with Crippen LogP contribution in [0, 0.1) is 12.8 Å². The zero-order valence-corrected chi connectivity index (χ0v) is 21.0. The molecule has 2 N–H and O–H groups in total. The summed E-state index contributed by atoms with van der Waals surface area (Å²) < 4.78 is 13.4. The Morgan fingerprint density at radius 3 is 2.74 bits per heavy atom. The first kappa shape index (κ1) is 24.5. The predicted octanol–water partition coefficient (Wildman–Crippen LogP) is 5.12. The largest absolute Gasteiger partial charge is 0.488 e. The van der Waals surface area contributed by atoms with Crippen molar-refractivity contribution in [3.05, 3.63) is 64.9 Å². The highest BCUT2D eigenvalue weighted by atomic mass is 16.7. The molecule has 7 nitrogen and oxygen atoms in total. The second-order valence-electron chi connectivity index (χ2n) is 8.97. The van der Waals surface area contributed by atoms with Crippen molar-refractivity contribution in [1.82, 2.24) is 4.57 Å². The van der Waals surface area contributed by atoms with Crippen LogP contribution in [0.5, 0.6) is 5.75 Å². The van der Waals surface area contributed by atoms with Gasteiger partial charge < -0.3 is 24.6 Å². The van der Waals surface area contributed by atoms with Gasteiger partial charge in [0.2, 0.25) is 0 Å². The lowest BCUT2D eigenvalue weighted by Crippen LogP contribution is -2.22. The summed E-state index contributed by atoms with van der Waals surface area (Å²) in [5.41, 5.74) is 13.0. The summed E-state index contributed by atoms with van der Waals surface area (Å²) in [7, 11) is 1.65. The van der Waals surface area contributed by atoms with Crippen LogP contribution < -0.4 is 10.5 Å². The SMILES string of the molecule is CCn1c2c(c3cc(N)ccc31)CC(/C(=N/OC(C)=O)c1ccc(OC(C)COC)cc1C)C=C2. The number of methoxy groups -OCH3 is 1. The lowest BCUT2D eigenvalue weighted by molar-refractivity contribution is -0.140. The van der Waals surface area contributed by atoms with Gasteiger partial charge in [0.05, 0.1) is 12.3 Å². The average molecular weight is 476 g/mol. The molecule has 0 bridgehead atoms.